The third-order valence-corrected chi connectivity index (χ3v) is 2.52. The van der Waals surface area contributed by atoms with Gasteiger partial charge in [-0.25, -0.2) is 0 Å². The van der Waals surface area contributed by atoms with Gasteiger partial charge in [0.15, 0.2) is 5.78 Å². The number of nitriles is 1. The van der Waals surface area contributed by atoms with Gasteiger partial charge in [-0.15, -0.1) is 0 Å². The minimum absolute atomic E-state index is 0.136. The van der Waals surface area contributed by atoms with Crippen molar-refractivity contribution in [1.29, 1.82) is 5.26 Å². The highest BCUT2D eigenvalue weighted by Crippen LogP contribution is 2.24. The number of benzene rings is 1. The zero-order chi connectivity index (χ0) is 10.7. The average molecular weight is 274 g/mol. The van der Waals surface area contributed by atoms with Gasteiger partial charge in [-0.1, -0.05) is 27.5 Å². The van der Waals surface area contributed by atoms with E-state index in [4.69, 9.17) is 22.6 Å². The molecule has 0 amide bonds. The highest BCUT2D eigenvalue weighted by molar-refractivity contribution is 9.09. The van der Waals surface area contributed by atoms with Gasteiger partial charge in [-0.2, -0.15) is 5.26 Å². The Labute approximate surface area is 94.6 Å². The van der Waals surface area contributed by atoms with Gasteiger partial charge in [0.25, 0.3) is 0 Å². The van der Waals surface area contributed by atoms with E-state index >= 15 is 0 Å². The number of halogens is 2. The molecule has 1 aromatic carbocycles. The number of nitrogens with two attached hydrogens (primary N) is 1. The summed E-state index contributed by atoms with van der Waals surface area (Å²) >= 11 is 8.79. The highest BCUT2D eigenvalue weighted by atomic mass is 79.9. The lowest BCUT2D eigenvalue weighted by Gasteiger charge is -2.03. The molecule has 3 nitrogen and oxygen atoms in total. The Morgan fingerprint density at radius 3 is 2.79 bits per heavy atom. The second kappa shape index (κ2) is 4.45. The van der Waals surface area contributed by atoms with Crippen LogP contribution in [0.15, 0.2) is 12.1 Å². The second-order valence-electron chi connectivity index (χ2n) is 2.59. The van der Waals surface area contributed by atoms with Gasteiger partial charge >= 0.3 is 0 Å². The number of Topliss-reactive ketones (excluding diaryl/α,β-unsaturated/α-hetero) is 1. The van der Waals surface area contributed by atoms with Crippen LogP contribution in [0.4, 0.5) is 5.69 Å². The van der Waals surface area contributed by atoms with Crippen molar-refractivity contribution in [3.05, 3.63) is 28.3 Å². The van der Waals surface area contributed by atoms with E-state index in [2.05, 4.69) is 15.9 Å². The first-order valence-corrected chi connectivity index (χ1v) is 5.18. The predicted molar refractivity (Wildman–Crippen MR) is 58.7 cm³/mol. The monoisotopic (exact) mass is 272 g/mol. The Bertz CT molecular complexity index is 426. The molecular weight excluding hydrogens is 267 g/mol. The van der Waals surface area contributed by atoms with Crippen LogP contribution in [0.3, 0.4) is 0 Å². The van der Waals surface area contributed by atoms with Crippen molar-refractivity contribution >= 4 is 39.0 Å². The van der Waals surface area contributed by atoms with Crippen LogP contribution in [0.2, 0.25) is 5.02 Å². The molecule has 14 heavy (non-hydrogen) atoms. The zero-order valence-electron chi connectivity index (χ0n) is 7.05. The molecule has 1 rings (SSSR count). The van der Waals surface area contributed by atoms with Crippen LogP contribution < -0.4 is 5.73 Å². The van der Waals surface area contributed by atoms with E-state index in [1.807, 2.05) is 6.07 Å². The molecule has 0 atom stereocenters. The fourth-order valence-electron chi connectivity index (χ4n) is 0.948. The Morgan fingerprint density at radius 1 is 1.64 bits per heavy atom. The number of carbonyl (C=O) groups is 1. The van der Waals surface area contributed by atoms with Crippen LogP contribution in [0.1, 0.15) is 15.9 Å². The Hall–Kier alpha value is -1.05. The summed E-state index contributed by atoms with van der Waals surface area (Å²) in [5.74, 6) is -0.136. The lowest BCUT2D eigenvalue weighted by atomic mass is 10.1. The molecule has 0 bridgehead atoms. The quantitative estimate of drug-likeness (QED) is 0.511. The summed E-state index contributed by atoms with van der Waals surface area (Å²) < 4.78 is 0. The lowest BCUT2D eigenvalue weighted by molar-refractivity contribution is 0.102. The summed E-state index contributed by atoms with van der Waals surface area (Å²) in [6.45, 7) is 0. The molecular formula is C9H6BrClN2O. The number of anilines is 1. The summed E-state index contributed by atoms with van der Waals surface area (Å²) in [5.41, 5.74) is 6.35. The number of rotatable bonds is 2. The van der Waals surface area contributed by atoms with Gasteiger partial charge < -0.3 is 5.73 Å². The highest BCUT2D eigenvalue weighted by Gasteiger charge is 2.10. The minimum Gasteiger partial charge on any atom is -0.396 e. The number of carbonyl (C=O) groups excluding carboxylic acids is 1. The van der Waals surface area contributed by atoms with E-state index < -0.39 is 0 Å². The fourth-order valence-corrected chi connectivity index (χ4v) is 1.49. The lowest BCUT2D eigenvalue weighted by Crippen LogP contribution is -2.02. The summed E-state index contributed by atoms with van der Waals surface area (Å²) in [5, 5.41) is 9.13. The standard InChI is InChI=1S/C9H6BrClN2O/c10-3-8(14)5-1-6(4-12)9(13)7(11)2-5/h1-2H,3,13H2. The molecule has 0 heterocycles. The van der Waals surface area contributed by atoms with Gasteiger partial charge in [0, 0.05) is 5.56 Å². The number of nitrogen functional groups attached to an aromatic ring is 1. The van der Waals surface area contributed by atoms with E-state index in [1.165, 1.54) is 12.1 Å². The molecule has 0 unspecified atom stereocenters. The largest absolute Gasteiger partial charge is 0.396 e. The van der Waals surface area contributed by atoms with E-state index in [-0.39, 0.29) is 27.4 Å². The van der Waals surface area contributed by atoms with Gasteiger partial charge in [0.1, 0.15) is 6.07 Å². The molecule has 0 aliphatic carbocycles. The molecule has 2 N–H and O–H groups in total. The number of hydrogen-bond acceptors (Lipinski definition) is 3. The van der Waals surface area contributed by atoms with Gasteiger partial charge in [0.2, 0.25) is 0 Å². The van der Waals surface area contributed by atoms with E-state index in [0.29, 0.717) is 5.56 Å². The number of ketones is 1. The first kappa shape index (κ1) is 11.0. The Kier molecular flexibility index (Phi) is 3.50. The second-order valence-corrected chi connectivity index (χ2v) is 3.56. The number of nitrogens with zero attached hydrogens (tertiary/aromatic N) is 1. The number of hydrogen-bond donors (Lipinski definition) is 1. The molecule has 5 heteroatoms. The maximum absolute atomic E-state index is 11.3. The molecule has 0 aliphatic rings. The van der Waals surface area contributed by atoms with Crippen molar-refractivity contribution in [2.45, 2.75) is 0 Å². The number of alkyl halides is 1. The molecule has 1 aromatic rings. The molecule has 0 fully saturated rings. The molecule has 0 saturated heterocycles. The van der Waals surface area contributed by atoms with Gasteiger partial charge in [-0.3, -0.25) is 4.79 Å². The molecule has 0 spiro atoms. The van der Waals surface area contributed by atoms with Crippen LogP contribution in [0.5, 0.6) is 0 Å². The van der Waals surface area contributed by atoms with Gasteiger partial charge in [-0.05, 0) is 12.1 Å². The smallest absolute Gasteiger partial charge is 0.173 e. The SMILES string of the molecule is N#Cc1cc(C(=O)CBr)cc(Cl)c1N. The predicted octanol–water partition coefficient (Wildman–Crippen LogP) is 2.37. The van der Waals surface area contributed by atoms with E-state index in [0.717, 1.165) is 0 Å². The topological polar surface area (TPSA) is 66.9 Å². The van der Waals surface area contributed by atoms with Crippen molar-refractivity contribution in [2.24, 2.45) is 0 Å². The van der Waals surface area contributed by atoms with Crippen LogP contribution in [-0.2, 0) is 0 Å². The van der Waals surface area contributed by atoms with Crippen molar-refractivity contribution in [3.8, 4) is 6.07 Å². The summed E-state index contributed by atoms with van der Waals surface area (Å²) in [7, 11) is 0. The molecule has 72 valence electrons. The zero-order valence-corrected chi connectivity index (χ0v) is 9.39. The normalized spacial score (nSPS) is 9.50. The van der Waals surface area contributed by atoms with Crippen molar-refractivity contribution in [2.75, 3.05) is 11.1 Å². The van der Waals surface area contributed by atoms with E-state index in [1.54, 1.807) is 0 Å². The average Bonchev–Trinajstić information content (AvgIpc) is 2.20. The maximum atomic E-state index is 11.3. The summed E-state index contributed by atoms with van der Waals surface area (Å²) in [6.07, 6.45) is 0. The third-order valence-electron chi connectivity index (χ3n) is 1.69. The van der Waals surface area contributed by atoms with Crippen LogP contribution in [0, 0.1) is 11.3 Å². The minimum atomic E-state index is -0.136. The van der Waals surface area contributed by atoms with Crippen LogP contribution >= 0.6 is 27.5 Å². The summed E-state index contributed by atoms with van der Waals surface area (Å²) in [4.78, 5) is 11.3. The maximum Gasteiger partial charge on any atom is 0.173 e. The van der Waals surface area contributed by atoms with Crippen molar-refractivity contribution in [3.63, 3.8) is 0 Å². The molecule has 0 saturated carbocycles. The molecule has 0 radical (unpaired) electrons. The van der Waals surface area contributed by atoms with E-state index in [9.17, 15) is 4.79 Å². The van der Waals surface area contributed by atoms with Crippen LogP contribution in [0.25, 0.3) is 0 Å². The fraction of sp³-hybridized carbons (Fsp3) is 0.111. The van der Waals surface area contributed by atoms with Gasteiger partial charge in [0.05, 0.1) is 21.6 Å². The first-order chi connectivity index (χ1) is 6.60. The summed E-state index contributed by atoms with van der Waals surface area (Å²) in [6, 6.07) is 4.77. The Morgan fingerprint density at radius 2 is 2.29 bits per heavy atom. The Balaban J connectivity index is 3.32. The van der Waals surface area contributed by atoms with Crippen molar-refractivity contribution < 1.29 is 4.79 Å². The van der Waals surface area contributed by atoms with Crippen molar-refractivity contribution in [1.82, 2.24) is 0 Å². The molecule has 0 aromatic heterocycles. The first-order valence-electron chi connectivity index (χ1n) is 3.68. The third kappa shape index (κ3) is 2.06. The molecule has 0 aliphatic heterocycles. The van der Waals surface area contributed by atoms with Crippen LogP contribution in [-0.4, -0.2) is 11.1 Å².